The van der Waals surface area contributed by atoms with Gasteiger partial charge in [0.15, 0.2) is 0 Å². The molecule has 0 saturated carbocycles. The van der Waals surface area contributed by atoms with Crippen LogP contribution in [0.25, 0.3) is 0 Å². The second-order valence-corrected chi connectivity index (χ2v) is 4.26. The molecule has 1 unspecified atom stereocenters. The minimum Gasteiger partial charge on any atom is -0.292 e. The van der Waals surface area contributed by atoms with Gasteiger partial charge >= 0.3 is 0 Å². The first-order valence-electron chi connectivity index (χ1n) is 5.18. The lowest BCUT2D eigenvalue weighted by Gasteiger charge is -2.33. The average molecular weight is 239 g/mol. The van der Waals surface area contributed by atoms with Crippen LogP contribution >= 0.6 is 0 Å². The fraction of sp³-hybridized carbons (Fsp3) is 0.333. The van der Waals surface area contributed by atoms with E-state index < -0.39 is 30.1 Å². The maximum atomic E-state index is 12.6. The van der Waals surface area contributed by atoms with Gasteiger partial charge in [-0.25, -0.2) is 8.78 Å². The Kier molecular flexibility index (Phi) is 2.69. The Balaban J connectivity index is 2.56. The highest BCUT2D eigenvalue weighted by atomic mass is 19.3. The normalized spacial score (nSPS) is 23.5. The van der Waals surface area contributed by atoms with Crippen LogP contribution in [0, 0.1) is 0 Å². The summed E-state index contributed by atoms with van der Waals surface area (Å²) in [6.07, 6.45) is -3.20. The number of carbonyl (C=O) groups excluding carboxylic acids is 2. The lowest BCUT2D eigenvalue weighted by molar-refractivity contribution is -0.127. The van der Waals surface area contributed by atoms with Crippen molar-refractivity contribution < 1.29 is 18.4 Å². The molecule has 2 rings (SSSR count). The molecule has 1 atom stereocenters. The van der Waals surface area contributed by atoms with Crippen molar-refractivity contribution in [2.45, 2.75) is 25.2 Å². The van der Waals surface area contributed by atoms with Crippen LogP contribution in [0.3, 0.4) is 0 Å². The Morgan fingerprint density at radius 2 is 1.94 bits per heavy atom. The molecule has 0 spiro atoms. The topological polar surface area (TPSA) is 46.2 Å². The summed E-state index contributed by atoms with van der Waals surface area (Å²) in [5.41, 5.74) is -0.692. The number of alkyl halides is 2. The molecule has 0 aromatic heterocycles. The van der Waals surface area contributed by atoms with E-state index in [9.17, 15) is 18.4 Å². The summed E-state index contributed by atoms with van der Waals surface area (Å²) < 4.78 is 25.1. The molecule has 1 aromatic carbocycles. The summed E-state index contributed by atoms with van der Waals surface area (Å²) in [6, 6.07) is 6.35. The van der Waals surface area contributed by atoms with Gasteiger partial charge in [0.1, 0.15) is 0 Å². The van der Waals surface area contributed by atoms with Crippen molar-refractivity contribution in [1.82, 2.24) is 5.32 Å². The van der Waals surface area contributed by atoms with E-state index in [1.165, 1.54) is 13.0 Å². The lowest BCUT2D eigenvalue weighted by Crippen LogP contribution is -2.51. The van der Waals surface area contributed by atoms with Gasteiger partial charge in [0.25, 0.3) is 5.91 Å². The van der Waals surface area contributed by atoms with Gasteiger partial charge < -0.3 is 0 Å². The smallest absolute Gasteiger partial charge is 0.258 e. The molecule has 1 aliphatic rings. The third kappa shape index (κ3) is 1.81. The summed E-state index contributed by atoms with van der Waals surface area (Å²) in [7, 11) is 0. The van der Waals surface area contributed by atoms with Gasteiger partial charge in [-0.15, -0.1) is 0 Å². The molecular weight excluding hydrogens is 228 g/mol. The molecule has 17 heavy (non-hydrogen) atoms. The van der Waals surface area contributed by atoms with E-state index in [0.29, 0.717) is 5.56 Å². The fourth-order valence-electron chi connectivity index (χ4n) is 2.10. The molecule has 0 fully saturated rings. The molecule has 1 aliphatic heterocycles. The van der Waals surface area contributed by atoms with Crippen LogP contribution in [0.5, 0.6) is 0 Å². The van der Waals surface area contributed by atoms with Crippen molar-refractivity contribution in [3.8, 4) is 0 Å². The number of halogens is 2. The average Bonchev–Trinajstić information content (AvgIpc) is 2.26. The Morgan fingerprint density at radius 1 is 1.29 bits per heavy atom. The Bertz CT molecular complexity index is 487. The van der Waals surface area contributed by atoms with Crippen molar-refractivity contribution in [2.24, 2.45) is 0 Å². The quantitative estimate of drug-likeness (QED) is 0.801. The van der Waals surface area contributed by atoms with Crippen molar-refractivity contribution in [1.29, 1.82) is 0 Å². The molecule has 0 aliphatic carbocycles. The second kappa shape index (κ2) is 3.91. The van der Waals surface area contributed by atoms with Gasteiger partial charge in [-0.3, -0.25) is 14.9 Å². The van der Waals surface area contributed by atoms with Gasteiger partial charge in [0.05, 0.1) is 5.41 Å². The molecular formula is C12H11F2NO2. The number of rotatable bonds is 2. The van der Waals surface area contributed by atoms with Crippen LogP contribution in [-0.2, 0) is 10.2 Å². The number of fused-ring (bicyclic) bond motifs is 1. The van der Waals surface area contributed by atoms with Crippen molar-refractivity contribution in [3.05, 3.63) is 35.4 Å². The van der Waals surface area contributed by atoms with E-state index in [0.717, 1.165) is 0 Å². The maximum Gasteiger partial charge on any atom is 0.258 e. The zero-order valence-electron chi connectivity index (χ0n) is 9.17. The largest absolute Gasteiger partial charge is 0.292 e. The number of hydrogen-bond acceptors (Lipinski definition) is 2. The zero-order valence-corrected chi connectivity index (χ0v) is 9.17. The van der Waals surface area contributed by atoms with Crippen LogP contribution in [0.4, 0.5) is 8.78 Å². The second-order valence-electron chi connectivity index (χ2n) is 4.26. The predicted molar refractivity (Wildman–Crippen MR) is 56.9 cm³/mol. The highest BCUT2D eigenvalue weighted by molar-refractivity contribution is 6.13. The van der Waals surface area contributed by atoms with Gasteiger partial charge in [-0.1, -0.05) is 18.2 Å². The molecule has 2 amide bonds. The predicted octanol–water partition coefficient (Wildman–Crippen LogP) is 1.87. The van der Waals surface area contributed by atoms with Gasteiger partial charge in [0, 0.05) is 12.0 Å². The van der Waals surface area contributed by atoms with Crippen molar-refractivity contribution in [2.75, 3.05) is 0 Å². The maximum absolute atomic E-state index is 12.6. The molecule has 1 N–H and O–H groups in total. The summed E-state index contributed by atoms with van der Waals surface area (Å²) in [6.45, 7) is 1.43. The number of hydrogen-bond donors (Lipinski definition) is 1. The minimum absolute atomic E-state index is 0.287. The number of carbonyl (C=O) groups is 2. The molecule has 0 saturated heterocycles. The highest BCUT2D eigenvalue weighted by Gasteiger charge is 2.44. The van der Waals surface area contributed by atoms with E-state index in [2.05, 4.69) is 5.32 Å². The SMILES string of the molecule is CC1(CC(F)F)C(=O)NC(=O)c2ccccc21. The molecule has 5 heteroatoms. The van der Waals surface area contributed by atoms with E-state index in [-0.39, 0.29) is 5.56 Å². The molecule has 1 aromatic rings. The number of imide groups is 1. The molecule has 3 nitrogen and oxygen atoms in total. The minimum atomic E-state index is -2.60. The fourth-order valence-corrected chi connectivity index (χ4v) is 2.10. The summed E-state index contributed by atoms with van der Waals surface area (Å²) >= 11 is 0. The van der Waals surface area contributed by atoms with E-state index in [1.54, 1.807) is 18.2 Å². The van der Waals surface area contributed by atoms with E-state index in [4.69, 9.17) is 0 Å². The van der Waals surface area contributed by atoms with Gasteiger partial charge in [-0.05, 0) is 18.6 Å². The number of benzene rings is 1. The van der Waals surface area contributed by atoms with Gasteiger partial charge in [-0.2, -0.15) is 0 Å². The molecule has 1 heterocycles. The molecule has 90 valence electrons. The first-order valence-corrected chi connectivity index (χ1v) is 5.18. The number of amides is 2. The highest BCUT2D eigenvalue weighted by Crippen LogP contribution is 2.35. The zero-order chi connectivity index (χ0) is 12.6. The van der Waals surface area contributed by atoms with Gasteiger partial charge in [0.2, 0.25) is 12.3 Å². The van der Waals surface area contributed by atoms with Crippen molar-refractivity contribution >= 4 is 11.8 Å². The van der Waals surface area contributed by atoms with Crippen LogP contribution in [-0.4, -0.2) is 18.2 Å². The van der Waals surface area contributed by atoms with E-state index in [1.807, 2.05) is 0 Å². The summed E-state index contributed by atoms with van der Waals surface area (Å²) in [5, 5.41) is 2.12. The first-order chi connectivity index (χ1) is 7.95. The van der Waals surface area contributed by atoms with E-state index >= 15 is 0 Å². The molecule has 0 bridgehead atoms. The summed E-state index contributed by atoms with van der Waals surface area (Å²) in [4.78, 5) is 23.3. The van der Waals surface area contributed by atoms with Crippen molar-refractivity contribution in [3.63, 3.8) is 0 Å². The standard InChI is InChI=1S/C12H11F2NO2/c1-12(6-9(13)14)8-5-3-2-4-7(8)10(16)15-11(12)17/h2-5,9H,6H2,1H3,(H,15,16,17). The monoisotopic (exact) mass is 239 g/mol. The third-order valence-electron chi connectivity index (χ3n) is 3.06. The Morgan fingerprint density at radius 3 is 2.59 bits per heavy atom. The third-order valence-corrected chi connectivity index (χ3v) is 3.06. The number of nitrogens with one attached hydrogen (secondary N) is 1. The Labute approximate surface area is 96.8 Å². The summed E-state index contributed by atoms with van der Waals surface area (Å²) in [5.74, 6) is -1.20. The molecule has 0 radical (unpaired) electrons. The Hall–Kier alpha value is -1.78. The van der Waals surface area contributed by atoms with Crippen LogP contribution in [0.15, 0.2) is 24.3 Å². The van der Waals surface area contributed by atoms with Crippen LogP contribution in [0.1, 0.15) is 29.3 Å². The first kappa shape index (κ1) is 11.7. The van der Waals surface area contributed by atoms with Crippen LogP contribution < -0.4 is 5.32 Å². The van der Waals surface area contributed by atoms with Crippen LogP contribution in [0.2, 0.25) is 0 Å². The lowest BCUT2D eigenvalue weighted by atomic mass is 9.74.